The lowest BCUT2D eigenvalue weighted by Crippen LogP contribution is -2.17. The van der Waals surface area contributed by atoms with Crippen LogP contribution in [0.4, 0.5) is 4.39 Å². The maximum absolute atomic E-state index is 12.7. The van der Waals surface area contributed by atoms with E-state index in [0.29, 0.717) is 6.42 Å². The van der Waals surface area contributed by atoms with Gasteiger partial charge in [0.2, 0.25) is 0 Å². The van der Waals surface area contributed by atoms with Crippen molar-refractivity contribution in [2.45, 2.75) is 19.4 Å². The molecule has 0 amide bonds. The standard InChI is InChI=1S/C9H12FNO/c1-6(11)2-7-3-8(10)5-9(12)4-7/h3-6,12H,2,11H2,1H3. The van der Waals surface area contributed by atoms with Crippen LogP contribution in [0.15, 0.2) is 18.2 Å². The SMILES string of the molecule is CC(N)Cc1cc(O)cc(F)c1. The van der Waals surface area contributed by atoms with Crippen LogP contribution < -0.4 is 5.73 Å². The Labute approximate surface area is 70.8 Å². The molecule has 0 aromatic heterocycles. The first kappa shape index (κ1) is 9.00. The molecule has 3 heteroatoms. The zero-order valence-electron chi connectivity index (χ0n) is 6.92. The molecule has 1 aromatic rings. The second-order valence-corrected chi connectivity index (χ2v) is 3.00. The van der Waals surface area contributed by atoms with E-state index in [-0.39, 0.29) is 11.8 Å². The molecule has 1 unspecified atom stereocenters. The van der Waals surface area contributed by atoms with Gasteiger partial charge in [-0.15, -0.1) is 0 Å². The molecule has 0 aliphatic heterocycles. The van der Waals surface area contributed by atoms with Crippen LogP contribution in [0, 0.1) is 5.82 Å². The number of aromatic hydroxyl groups is 1. The Morgan fingerprint density at radius 3 is 2.67 bits per heavy atom. The van der Waals surface area contributed by atoms with E-state index < -0.39 is 5.82 Å². The summed E-state index contributed by atoms with van der Waals surface area (Å²) in [6.07, 6.45) is 0.575. The van der Waals surface area contributed by atoms with Gasteiger partial charge in [-0.3, -0.25) is 0 Å². The molecule has 0 bridgehead atoms. The molecular formula is C9H12FNO. The molecule has 66 valence electrons. The largest absolute Gasteiger partial charge is 0.508 e. The van der Waals surface area contributed by atoms with Crippen LogP contribution in [-0.4, -0.2) is 11.1 Å². The van der Waals surface area contributed by atoms with Crippen molar-refractivity contribution in [3.63, 3.8) is 0 Å². The van der Waals surface area contributed by atoms with E-state index >= 15 is 0 Å². The number of phenols is 1. The molecule has 0 aliphatic rings. The van der Waals surface area contributed by atoms with Gasteiger partial charge in [-0.1, -0.05) is 0 Å². The summed E-state index contributed by atoms with van der Waals surface area (Å²) in [5.74, 6) is -0.476. The minimum atomic E-state index is -0.425. The van der Waals surface area contributed by atoms with Crippen LogP contribution >= 0.6 is 0 Å². The zero-order valence-corrected chi connectivity index (χ0v) is 6.92. The van der Waals surface area contributed by atoms with Crippen molar-refractivity contribution in [2.24, 2.45) is 5.73 Å². The Morgan fingerprint density at radius 2 is 2.17 bits per heavy atom. The van der Waals surface area contributed by atoms with E-state index in [9.17, 15) is 4.39 Å². The van der Waals surface area contributed by atoms with Crippen molar-refractivity contribution in [2.75, 3.05) is 0 Å². The summed E-state index contributed by atoms with van der Waals surface area (Å²) < 4.78 is 12.7. The Kier molecular flexibility index (Phi) is 2.65. The Hall–Kier alpha value is -1.09. The number of phenolic OH excluding ortho intramolecular Hbond substituents is 1. The second kappa shape index (κ2) is 3.54. The quantitative estimate of drug-likeness (QED) is 0.703. The van der Waals surface area contributed by atoms with E-state index in [4.69, 9.17) is 10.8 Å². The van der Waals surface area contributed by atoms with Gasteiger partial charge in [0.05, 0.1) is 0 Å². The molecule has 3 N–H and O–H groups in total. The number of rotatable bonds is 2. The summed E-state index contributed by atoms with van der Waals surface area (Å²) in [4.78, 5) is 0. The average Bonchev–Trinajstić information content (AvgIpc) is 1.81. The van der Waals surface area contributed by atoms with Gasteiger partial charge in [-0.25, -0.2) is 4.39 Å². The fourth-order valence-electron chi connectivity index (χ4n) is 1.12. The molecule has 0 saturated carbocycles. The maximum Gasteiger partial charge on any atom is 0.127 e. The smallest absolute Gasteiger partial charge is 0.127 e. The lowest BCUT2D eigenvalue weighted by molar-refractivity contribution is 0.467. The summed E-state index contributed by atoms with van der Waals surface area (Å²) in [6.45, 7) is 1.84. The highest BCUT2D eigenvalue weighted by atomic mass is 19.1. The van der Waals surface area contributed by atoms with Gasteiger partial charge >= 0.3 is 0 Å². The van der Waals surface area contributed by atoms with Crippen LogP contribution in [-0.2, 0) is 6.42 Å². The molecule has 0 fully saturated rings. The first-order valence-corrected chi connectivity index (χ1v) is 3.82. The third kappa shape index (κ3) is 2.51. The van der Waals surface area contributed by atoms with Crippen molar-refractivity contribution in [1.82, 2.24) is 0 Å². The van der Waals surface area contributed by atoms with Gasteiger partial charge in [0.1, 0.15) is 11.6 Å². The van der Waals surface area contributed by atoms with Gasteiger partial charge < -0.3 is 10.8 Å². The highest BCUT2D eigenvalue weighted by Crippen LogP contribution is 2.15. The summed E-state index contributed by atoms with van der Waals surface area (Å²) >= 11 is 0. The number of halogens is 1. The summed E-state index contributed by atoms with van der Waals surface area (Å²) in [6, 6.07) is 3.95. The van der Waals surface area contributed by atoms with Crippen LogP contribution in [0.1, 0.15) is 12.5 Å². The Bertz CT molecular complexity index is 253. The number of nitrogens with two attached hydrogens (primary N) is 1. The first-order chi connectivity index (χ1) is 5.58. The van der Waals surface area contributed by atoms with Crippen molar-refractivity contribution in [1.29, 1.82) is 0 Å². The van der Waals surface area contributed by atoms with Gasteiger partial charge in [-0.2, -0.15) is 0 Å². The first-order valence-electron chi connectivity index (χ1n) is 3.82. The van der Waals surface area contributed by atoms with E-state index in [0.717, 1.165) is 11.6 Å². The lowest BCUT2D eigenvalue weighted by Gasteiger charge is -2.05. The highest BCUT2D eigenvalue weighted by molar-refractivity contribution is 5.28. The van der Waals surface area contributed by atoms with Gasteiger partial charge in [0.25, 0.3) is 0 Å². The molecule has 0 radical (unpaired) electrons. The number of benzene rings is 1. The molecule has 1 rings (SSSR count). The van der Waals surface area contributed by atoms with Gasteiger partial charge in [-0.05, 0) is 31.0 Å². The monoisotopic (exact) mass is 169 g/mol. The van der Waals surface area contributed by atoms with Crippen LogP contribution in [0.3, 0.4) is 0 Å². The molecule has 0 saturated heterocycles. The Balaban J connectivity index is 2.85. The summed E-state index contributed by atoms with van der Waals surface area (Å²) in [7, 11) is 0. The second-order valence-electron chi connectivity index (χ2n) is 3.00. The van der Waals surface area contributed by atoms with Crippen LogP contribution in [0.2, 0.25) is 0 Å². The summed E-state index contributed by atoms with van der Waals surface area (Å²) in [5, 5.41) is 9.03. The number of hydrogen-bond acceptors (Lipinski definition) is 2. The van der Waals surface area contributed by atoms with E-state index in [1.807, 2.05) is 6.92 Å². The fourth-order valence-corrected chi connectivity index (χ4v) is 1.12. The van der Waals surface area contributed by atoms with Crippen molar-refractivity contribution in [3.8, 4) is 5.75 Å². The minimum Gasteiger partial charge on any atom is -0.508 e. The topological polar surface area (TPSA) is 46.2 Å². The molecule has 2 nitrogen and oxygen atoms in total. The molecule has 0 spiro atoms. The van der Waals surface area contributed by atoms with E-state index in [2.05, 4.69) is 0 Å². The normalized spacial score (nSPS) is 12.9. The lowest BCUT2D eigenvalue weighted by atomic mass is 10.1. The predicted octanol–water partition coefficient (Wildman–Crippen LogP) is 1.42. The van der Waals surface area contributed by atoms with Crippen molar-refractivity contribution in [3.05, 3.63) is 29.6 Å². The zero-order chi connectivity index (χ0) is 9.14. The van der Waals surface area contributed by atoms with Crippen LogP contribution in [0.5, 0.6) is 5.75 Å². The third-order valence-electron chi connectivity index (χ3n) is 1.50. The van der Waals surface area contributed by atoms with E-state index in [1.165, 1.54) is 12.1 Å². The van der Waals surface area contributed by atoms with Crippen molar-refractivity contribution < 1.29 is 9.50 Å². The molecule has 1 atom stereocenters. The summed E-state index contributed by atoms with van der Waals surface area (Å²) in [5.41, 5.74) is 6.25. The Morgan fingerprint density at radius 1 is 1.50 bits per heavy atom. The molecule has 0 aliphatic carbocycles. The molecular weight excluding hydrogens is 157 g/mol. The van der Waals surface area contributed by atoms with Gasteiger partial charge in [0.15, 0.2) is 0 Å². The number of hydrogen-bond donors (Lipinski definition) is 2. The molecule has 12 heavy (non-hydrogen) atoms. The van der Waals surface area contributed by atoms with E-state index in [1.54, 1.807) is 0 Å². The minimum absolute atomic E-state index is 0.0220. The third-order valence-corrected chi connectivity index (χ3v) is 1.50. The predicted molar refractivity (Wildman–Crippen MR) is 45.4 cm³/mol. The highest BCUT2D eigenvalue weighted by Gasteiger charge is 2.01. The van der Waals surface area contributed by atoms with Gasteiger partial charge in [0, 0.05) is 12.1 Å². The molecule has 1 aromatic carbocycles. The average molecular weight is 169 g/mol. The fraction of sp³-hybridized carbons (Fsp3) is 0.333. The van der Waals surface area contributed by atoms with Crippen molar-refractivity contribution >= 4 is 0 Å². The molecule has 0 heterocycles. The maximum atomic E-state index is 12.7. The van der Waals surface area contributed by atoms with Crippen LogP contribution in [0.25, 0.3) is 0 Å².